The predicted octanol–water partition coefficient (Wildman–Crippen LogP) is 21.2. The van der Waals surface area contributed by atoms with Gasteiger partial charge < -0.3 is 0 Å². The summed E-state index contributed by atoms with van der Waals surface area (Å²) in [5.74, 6) is 0. The summed E-state index contributed by atoms with van der Waals surface area (Å²) >= 11 is 0. The van der Waals surface area contributed by atoms with Gasteiger partial charge in [0.05, 0.1) is 0 Å². The highest BCUT2D eigenvalue weighted by Gasteiger charge is 2.09. The second kappa shape index (κ2) is 50.2. The molecule has 0 fully saturated rings. The van der Waals surface area contributed by atoms with E-state index in [1.807, 2.05) is 0 Å². The molecule has 0 amide bonds. The number of rotatable bonds is 52. The van der Waals surface area contributed by atoms with Crippen LogP contribution < -0.4 is 4.57 Å². The van der Waals surface area contributed by atoms with Crippen molar-refractivity contribution < 1.29 is 4.57 Å². The lowest BCUT2D eigenvalue weighted by Gasteiger charge is -2.08. The van der Waals surface area contributed by atoms with Crippen molar-refractivity contribution in [1.29, 1.82) is 0 Å². The van der Waals surface area contributed by atoms with E-state index in [9.17, 15) is 0 Å². The number of nitrogens with zero attached hydrogens (tertiary/aromatic N) is 1. The molecular weight excluding hydrogens is 735 g/mol. The van der Waals surface area contributed by atoms with Gasteiger partial charge in [0.1, 0.15) is 6.54 Å². The lowest BCUT2D eigenvalue weighted by molar-refractivity contribution is -0.698. The van der Waals surface area contributed by atoms with Crippen molar-refractivity contribution in [2.24, 2.45) is 0 Å². The SMILES string of the molecule is CCCCCCCCCCCCCCCCCCC[n+]1cc(CCCCCCCCCCCCCCCCCC)cc(CCCCCCCCCCCCCCCCCC)c1. The highest BCUT2D eigenvalue weighted by Crippen LogP contribution is 2.19. The van der Waals surface area contributed by atoms with E-state index in [2.05, 4.69) is 43.8 Å². The highest BCUT2D eigenvalue weighted by molar-refractivity contribution is 5.15. The first-order chi connectivity index (χ1) is 30.3. The molecule has 0 N–H and O–H groups in total. The van der Waals surface area contributed by atoms with Crippen molar-refractivity contribution in [1.82, 2.24) is 0 Å². The Hall–Kier alpha value is -0.850. The monoisotopic (exact) mass is 851 g/mol. The average molecular weight is 852 g/mol. The first kappa shape index (κ1) is 58.2. The first-order valence-electron chi connectivity index (χ1n) is 29.3. The van der Waals surface area contributed by atoms with Crippen LogP contribution in [0.3, 0.4) is 0 Å². The molecule has 0 aliphatic heterocycles. The molecule has 0 saturated heterocycles. The van der Waals surface area contributed by atoms with E-state index < -0.39 is 0 Å². The Labute approximate surface area is 387 Å². The third kappa shape index (κ3) is 44.1. The van der Waals surface area contributed by atoms with Crippen molar-refractivity contribution >= 4 is 0 Å². The second-order valence-corrected chi connectivity index (χ2v) is 20.6. The zero-order valence-corrected chi connectivity index (χ0v) is 42.9. The molecule has 1 nitrogen and oxygen atoms in total. The summed E-state index contributed by atoms with van der Waals surface area (Å²) in [7, 11) is 0. The number of aryl methyl sites for hydroxylation is 3. The molecule has 0 aliphatic carbocycles. The van der Waals surface area contributed by atoms with Gasteiger partial charge in [0.2, 0.25) is 0 Å². The molecule has 0 spiro atoms. The van der Waals surface area contributed by atoms with Gasteiger partial charge in [-0.25, -0.2) is 4.57 Å². The maximum Gasteiger partial charge on any atom is 0.171 e. The molecule has 0 atom stereocenters. The summed E-state index contributed by atoms with van der Waals surface area (Å²) in [5, 5.41) is 0. The summed E-state index contributed by atoms with van der Waals surface area (Å²) in [5.41, 5.74) is 3.23. The summed E-state index contributed by atoms with van der Waals surface area (Å²) in [6.45, 7) is 8.17. The number of hydrogen-bond acceptors (Lipinski definition) is 0. The average Bonchev–Trinajstić information content (AvgIpc) is 3.27. The smallest absolute Gasteiger partial charge is 0.171 e. The summed E-state index contributed by atoms with van der Waals surface area (Å²) < 4.78 is 2.61. The fourth-order valence-corrected chi connectivity index (χ4v) is 9.95. The number of aromatic nitrogens is 1. The van der Waals surface area contributed by atoms with Crippen LogP contribution in [0.4, 0.5) is 0 Å². The molecular formula is C60H116N+. The van der Waals surface area contributed by atoms with Crippen molar-refractivity contribution in [3.63, 3.8) is 0 Å². The Morgan fingerprint density at radius 1 is 0.230 bits per heavy atom. The Balaban J connectivity index is 2.26. The molecule has 0 saturated carbocycles. The number of pyridine rings is 1. The third-order valence-electron chi connectivity index (χ3n) is 14.2. The van der Waals surface area contributed by atoms with Crippen molar-refractivity contribution in [2.75, 3.05) is 0 Å². The van der Waals surface area contributed by atoms with Gasteiger partial charge in [-0.2, -0.15) is 0 Å². The lowest BCUT2D eigenvalue weighted by Crippen LogP contribution is -2.34. The molecule has 360 valence electrons. The summed E-state index contributed by atoms with van der Waals surface area (Å²) in [6.07, 6.45) is 78.7. The molecule has 0 unspecified atom stereocenters. The van der Waals surface area contributed by atoms with Crippen LogP contribution in [0.15, 0.2) is 18.5 Å². The van der Waals surface area contributed by atoms with Crippen molar-refractivity contribution in [3.05, 3.63) is 29.6 Å². The minimum atomic E-state index is 1.22. The van der Waals surface area contributed by atoms with Crippen LogP contribution in [-0.2, 0) is 19.4 Å². The van der Waals surface area contributed by atoms with E-state index in [1.54, 1.807) is 11.1 Å². The van der Waals surface area contributed by atoms with E-state index in [0.29, 0.717) is 0 Å². The van der Waals surface area contributed by atoms with E-state index in [4.69, 9.17) is 0 Å². The van der Waals surface area contributed by atoms with Gasteiger partial charge in [0, 0.05) is 17.5 Å². The van der Waals surface area contributed by atoms with Crippen LogP contribution in [0, 0.1) is 0 Å². The number of hydrogen-bond donors (Lipinski definition) is 0. The molecule has 1 aromatic heterocycles. The van der Waals surface area contributed by atoms with Gasteiger partial charge in [-0.15, -0.1) is 0 Å². The molecule has 0 aromatic carbocycles. The number of unbranched alkanes of at least 4 members (excludes halogenated alkanes) is 46. The molecule has 1 heteroatoms. The van der Waals surface area contributed by atoms with Crippen LogP contribution in [0.2, 0.25) is 0 Å². The lowest BCUT2D eigenvalue weighted by atomic mass is 10.0. The summed E-state index contributed by atoms with van der Waals surface area (Å²) in [6, 6.07) is 2.60. The van der Waals surface area contributed by atoms with Crippen LogP contribution in [-0.4, -0.2) is 0 Å². The van der Waals surface area contributed by atoms with E-state index in [1.165, 1.54) is 334 Å². The van der Waals surface area contributed by atoms with Gasteiger partial charge in [-0.05, 0) is 38.2 Å². The Kier molecular flexibility index (Phi) is 47.8. The molecule has 0 bridgehead atoms. The standard InChI is InChI=1S/C60H116N/c1-4-7-10-13-16-19-22-25-28-31-34-37-40-43-46-49-52-55-61-57-59(53-50-47-44-41-38-35-32-29-26-23-20-17-14-11-8-5-2)56-60(58-61)54-51-48-45-42-39-36-33-30-27-24-21-18-15-12-9-6-3/h56-58H,4-55H2,1-3H3/q+1. The minimum Gasteiger partial charge on any atom is -0.205 e. The largest absolute Gasteiger partial charge is 0.205 e. The zero-order chi connectivity index (χ0) is 43.6. The quantitative estimate of drug-likeness (QED) is 0.0454. The second-order valence-electron chi connectivity index (χ2n) is 20.6. The molecule has 1 rings (SSSR count). The van der Waals surface area contributed by atoms with Gasteiger partial charge in [0.15, 0.2) is 12.4 Å². The van der Waals surface area contributed by atoms with Gasteiger partial charge >= 0.3 is 0 Å². The Morgan fingerprint density at radius 3 is 0.623 bits per heavy atom. The predicted molar refractivity (Wildman–Crippen MR) is 277 cm³/mol. The molecule has 1 heterocycles. The molecule has 0 radical (unpaired) electrons. The Morgan fingerprint density at radius 2 is 0.410 bits per heavy atom. The molecule has 1 aromatic rings. The van der Waals surface area contributed by atoms with Crippen LogP contribution in [0.5, 0.6) is 0 Å². The van der Waals surface area contributed by atoms with Gasteiger partial charge in [-0.3, -0.25) is 0 Å². The van der Waals surface area contributed by atoms with Crippen molar-refractivity contribution in [3.8, 4) is 0 Å². The molecule has 0 aliphatic rings. The minimum absolute atomic E-state index is 1.22. The maximum absolute atomic E-state index is 2.61. The van der Waals surface area contributed by atoms with E-state index in [-0.39, 0.29) is 0 Å². The topological polar surface area (TPSA) is 3.88 Å². The maximum atomic E-state index is 2.61. The van der Waals surface area contributed by atoms with E-state index >= 15 is 0 Å². The first-order valence-corrected chi connectivity index (χ1v) is 29.3. The zero-order valence-electron chi connectivity index (χ0n) is 42.9. The Bertz CT molecular complexity index is 896. The van der Waals surface area contributed by atoms with E-state index in [0.717, 1.165) is 0 Å². The summed E-state index contributed by atoms with van der Waals surface area (Å²) in [4.78, 5) is 0. The fourth-order valence-electron chi connectivity index (χ4n) is 9.95. The normalized spacial score (nSPS) is 11.7. The van der Waals surface area contributed by atoms with Gasteiger partial charge in [0.25, 0.3) is 0 Å². The highest BCUT2D eigenvalue weighted by atomic mass is 14.9. The molecule has 61 heavy (non-hydrogen) atoms. The van der Waals surface area contributed by atoms with Crippen LogP contribution >= 0.6 is 0 Å². The van der Waals surface area contributed by atoms with Crippen LogP contribution in [0.1, 0.15) is 347 Å². The third-order valence-corrected chi connectivity index (χ3v) is 14.2. The van der Waals surface area contributed by atoms with Gasteiger partial charge in [-0.1, -0.05) is 310 Å². The van der Waals surface area contributed by atoms with Crippen LogP contribution in [0.25, 0.3) is 0 Å². The van der Waals surface area contributed by atoms with Crippen molar-refractivity contribution in [2.45, 2.75) is 355 Å². The fraction of sp³-hybridized carbons (Fsp3) is 0.917.